The quantitative estimate of drug-likeness (QED) is 0.855. The maximum atomic E-state index is 12.2. The van der Waals surface area contributed by atoms with Crippen LogP contribution in [0, 0.1) is 5.92 Å². The highest BCUT2D eigenvalue weighted by atomic mass is 32.1. The van der Waals surface area contributed by atoms with Gasteiger partial charge in [-0.25, -0.2) is 0 Å². The van der Waals surface area contributed by atoms with Gasteiger partial charge in [0.2, 0.25) is 5.91 Å². The average Bonchev–Trinajstić information content (AvgIpc) is 3.18. The number of likely N-dealkylation sites (tertiary alicyclic amines) is 1. The highest BCUT2D eigenvalue weighted by Crippen LogP contribution is 2.26. The third-order valence-electron chi connectivity index (χ3n) is 4.13. The van der Waals surface area contributed by atoms with E-state index in [9.17, 15) is 4.79 Å². The highest BCUT2D eigenvalue weighted by Gasteiger charge is 2.31. The third-order valence-corrected chi connectivity index (χ3v) is 4.86. The molecule has 5 heteroatoms. The smallest absolute Gasteiger partial charge is 0.222 e. The average molecular weight is 295 g/mol. The van der Waals surface area contributed by atoms with Crippen LogP contribution in [0.15, 0.2) is 16.8 Å². The number of piperidine rings is 1. The molecule has 4 nitrogen and oxygen atoms in total. The lowest BCUT2D eigenvalue weighted by molar-refractivity contribution is -0.136. The van der Waals surface area contributed by atoms with Crippen LogP contribution >= 0.6 is 11.3 Å². The minimum Gasteiger partial charge on any atom is -0.350 e. The number of rotatable bonds is 4. The predicted molar refractivity (Wildman–Crippen MR) is 77.6 cm³/mol. The molecule has 1 amide bonds. The molecule has 1 aromatic heterocycles. The molecule has 20 heavy (non-hydrogen) atoms. The van der Waals surface area contributed by atoms with Crippen LogP contribution < -0.4 is 0 Å². The van der Waals surface area contributed by atoms with Crippen molar-refractivity contribution in [3.05, 3.63) is 22.4 Å². The van der Waals surface area contributed by atoms with Crippen molar-refractivity contribution in [2.75, 3.05) is 26.3 Å². The van der Waals surface area contributed by atoms with E-state index in [1.807, 2.05) is 4.90 Å². The molecule has 0 aliphatic carbocycles. The summed E-state index contributed by atoms with van der Waals surface area (Å²) in [6, 6.07) is 2.10. The van der Waals surface area contributed by atoms with Crippen LogP contribution in [0.4, 0.5) is 0 Å². The number of ether oxygens (including phenoxy) is 2. The van der Waals surface area contributed by atoms with Gasteiger partial charge in [0.25, 0.3) is 0 Å². The molecule has 2 fully saturated rings. The molecule has 0 N–H and O–H groups in total. The molecule has 3 rings (SSSR count). The molecular formula is C15H21NO3S. The Morgan fingerprint density at radius 2 is 2.05 bits per heavy atom. The summed E-state index contributed by atoms with van der Waals surface area (Å²) in [5.41, 5.74) is 1.27. The SMILES string of the molecule is O=C(CCc1ccsc1)N1CCC(C2OCCO2)CC1. The van der Waals surface area contributed by atoms with E-state index < -0.39 is 0 Å². The van der Waals surface area contributed by atoms with Crippen LogP contribution in [0.2, 0.25) is 0 Å². The first-order chi connectivity index (χ1) is 9.83. The molecule has 0 radical (unpaired) electrons. The minimum atomic E-state index is -0.0296. The lowest BCUT2D eigenvalue weighted by atomic mass is 9.96. The maximum Gasteiger partial charge on any atom is 0.222 e. The van der Waals surface area contributed by atoms with E-state index in [0.29, 0.717) is 25.6 Å². The molecule has 2 aliphatic heterocycles. The standard InChI is InChI=1S/C15H21NO3S/c17-14(2-1-12-5-10-20-11-12)16-6-3-13(4-7-16)15-18-8-9-19-15/h5,10-11,13,15H,1-4,6-9H2. The highest BCUT2D eigenvalue weighted by molar-refractivity contribution is 7.07. The second-order valence-corrected chi connectivity index (χ2v) is 6.24. The Labute approximate surface area is 123 Å². The number of nitrogens with zero attached hydrogens (tertiary/aromatic N) is 1. The molecule has 0 saturated carbocycles. The number of hydrogen-bond acceptors (Lipinski definition) is 4. The predicted octanol–water partition coefficient (Wildman–Crippen LogP) is 2.29. The molecule has 3 heterocycles. The van der Waals surface area contributed by atoms with Gasteiger partial charge in [0.05, 0.1) is 13.2 Å². The molecule has 0 bridgehead atoms. The summed E-state index contributed by atoms with van der Waals surface area (Å²) in [7, 11) is 0. The summed E-state index contributed by atoms with van der Waals surface area (Å²) in [4.78, 5) is 14.2. The van der Waals surface area contributed by atoms with E-state index in [4.69, 9.17) is 9.47 Å². The van der Waals surface area contributed by atoms with Crippen molar-refractivity contribution in [1.29, 1.82) is 0 Å². The van der Waals surface area contributed by atoms with E-state index in [-0.39, 0.29) is 12.2 Å². The summed E-state index contributed by atoms with van der Waals surface area (Å²) in [6.07, 6.45) is 3.44. The van der Waals surface area contributed by atoms with Gasteiger partial charge in [0, 0.05) is 25.4 Å². The molecule has 0 aromatic carbocycles. The van der Waals surface area contributed by atoms with Crippen LogP contribution in [0.25, 0.3) is 0 Å². The van der Waals surface area contributed by atoms with E-state index >= 15 is 0 Å². The van der Waals surface area contributed by atoms with Gasteiger partial charge in [-0.3, -0.25) is 4.79 Å². The van der Waals surface area contributed by atoms with Crippen molar-refractivity contribution in [3.8, 4) is 0 Å². The first-order valence-electron chi connectivity index (χ1n) is 7.35. The molecule has 1 aromatic rings. The summed E-state index contributed by atoms with van der Waals surface area (Å²) in [6.45, 7) is 3.11. The molecular weight excluding hydrogens is 274 g/mol. The largest absolute Gasteiger partial charge is 0.350 e. The van der Waals surface area contributed by atoms with Gasteiger partial charge in [-0.05, 0) is 41.7 Å². The number of thiophene rings is 1. The van der Waals surface area contributed by atoms with Crippen molar-refractivity contribution in [2.45, 2.75) is 32.0 Å². The van der Waals surface area contributed by atoms with Crippen molar-refractivity contribution in [2.24, 2.45) is 5.92 Å². The molecule has 0 spiro atoms. The zero-order chi connectivity index (χ0) is 13.8. The fraction of sp³-hybridized carbons (Fsp3) is 0.667. The minimum absolute atomic E-state index is 0.0296. The lowest BCUT2D eigenvalue weighted by Crippen LogP contribution is -2.41. The monoisotopic (exact) mass is 295 g/mol. The van der Waals surface area contributed by atoms with E-state index in [2.05, 4.69) is 16.8 Å². The molecule has 2 aliphatic rings. The summed E-state index contributed by atoms with van der Waals surface area (Å²) in [5, 5.41) is 4.18. The first kappa shape index (κ1) is 14.0. The van der Waals surface area contributed by atoms with Crippen LogP contribution in [-0.2, 0) is 20.7 Å². The first-order valence-corrected chi connectivity index (χ1v) is 8.29. The van der Waals surface area contributed by atoms with Crippen LogP contribution in [0.3, 0.4) is 0 Å². The second-order valence-electron chi connectivity index (χ2n) is 5.46. The number of hydrogen-bond donors (Lipinski definition) is 0. The zero-order valence-corrected chi connectivity index (χ0v) is 12.4. The van der Waals surface area contributed by atoms with Gasteiger partial charge in [0.15, 0.2) is 6.29 Å². The Bertz CT molecular complexity index is 420. The Balaban J connectivity index is 1.41. The third kappa shape index (κ3) is 3.40. The lowest BCUT2D eigenvalue weighted by Gasteiger charge is -2.33. The summed E-state index contributed by atoms with van der Waals surface area (Å²) in [5.74, 6) is 0.737. The summed E-state index contributed by atoms with van der Waals surface area (Å²) >= 11 is 1.69. The van der Waals surface area contributed by atoms with Gasteiger partial charge in [-0.1, -0.05) is 0 Å². The van der Waals surface area contributed by atoms with Crippen LogP contribution in [0.1, 0.15) is 24.8 Å². The van der Waals surface area contributed by atoms with Crippen molar-refractivity contribution < 1.29 is 14.3 Å². The topological polar surface area (TPSA) is 38.8 Å². The molecule has 0 atom stereocenters. The number of aryl methyl sites for hydroxylation is 1. The Morgan fingerprint density at radius 3 is 2.70 bits per heavy atom. The normalized spacial score (nSPS) is 21.5. The Kier molecular flexibility index (Phi) is 4.70. The van der Waals surface area contributed by atoms with Gasteiger partial charge in [-0.2, -0.15) is 11.3 Å². The fourth-order valence-electron chi connectivity index (χ4n) is 2.91. The zero-order valence-electron chi connectivity index (χ0n) is 11.6. The number of carbonyl (C=O) groups excluding carboxylic acids is 1. The van der Waals surface area contributed by atoms with Crippen molar-refractivity contribution >= 4 is 17.2 Å². The number of carbonyl (C=O) groups is 1. The molecule has 110 valence electrons. The van der Waals surface area contributed by atoms with Gasteiger partial charge >= 0.3 is 0 Å². The van der Waals surface area contributed by atoms with Gasteiger partial charge < -0.3 is 14.4 Å². The van der Waals surface area contributed by atoms with Gasteiger partial charge in [0.1, 0.15) is 0 Å². The van der Waals surface area contributed by atoms with E-state index in [1.165, 1.54) is 5.56 Å². The fourth-order valence-corrected chi connectivity index (χ4v) is 3.62. The van der Waals surface area contributed by atoms with Crippen LogP contribution in [-0.4, -0.2) is 43.4 Å². The van der Waals surface area contributed by atoms with Gasteiger partial charge in [-0.15, -0.1) is 0 Å². The second kappa shape index (κ2) is 6.70. The number of amides is 1. The Hall–Kier alpha value is -0.910. The molecule has 0 unspecified atom stereocenters. The van der Waals surface area contributed by atoms with E-state index in [1.54, 1.807) is 11.3 Å². The van der Waals surface area contributed by atoms with Crippen molar-refractivity contribution in [3.63, 3.8) is 0 Å². The summed E-state index contributed by atoms with van der Waals surface area (Å²) < 4.78 is 11.1. The Morgan fingerprint density at radius 1 is 1.30 bits per heavy atom. The van der Waals surface area contributed by atoms with E-state index in [0.717, 1.165) is 32.4 Å². The van der Waals surface area contributed by atoms with Crippen LogP contribution in [0.5, 0.6) is 0 Å². The van der Waals surface area contributed by atoms with Crippen molar-refractivity contribution in [1.82, 2.24) is 4.90 Å². The maximum absolute atomic E-state index is 12.2. The molecule has 2 saturated heterocycles.